The lowest BCUT2D eigenvalue weighted by Gasteiger charge is -1.98. The summed E-state index contributed by atoms with van der Waals surface area (Å²) in [6.45, 7) is 5.63. The van der Waals surface area contributed by atoms with Gasteiger partial charge in [0.1, 0.15) is 5.58 Å². The van der Waals surface area contributed by atoms with E-state index in [-0.39, 0.29) is 5.78 Å². The fraction of sp³-hybridized carbons (Fsp3) is 0.357. The molecular weight excluding hydrogens is 232 g/mol. The molecule has 0 aliphatic carbocycles. The van der Waals surface area contributed by atoms with Crippen molar-refractivity contribution in [3.8, 4) is 0 Å². The third-order valence-corrected chi connectivity index (χ3v) is 3.90. The summed E-state index contributed by atoms with van der Waals surface area (Å²) in [5.41, 5.74) is 1.76. The van der Waals surface area contributed by atoms with Crippen molar-refractivity contribution in [1.29, 1.82) is 0 Å². The van der Waals surface area contributed by atoms with Gasteiger partial charge < -0.3 is 4.42 Å². The summed E-state index contributed by atoms with van der Waals surface area (Å²) in [5.74, 6) is 1.57. The number of rotatable bonds is 4. The van der Waals surface area contributed by atoms with Crippen LogP contribution in [0.15, 0.2) is 27.5 Å². The van der Waals surface area contributed by atoms with Gasteiger partial charge in [0.15, 0.2) is 11.5 Å². The molecule has 1 aromatic heterocycles. The number of carbonyl (C=O) groups is 1. The van der Waals surface area contributed by atoms with Crippen LogP contribution in [-0.4, -0.2) is 11.5 Å². The minimum absolute atomic E-state index is 0.0125. The Hall–Kier alpha value is -1.22. The fourth-order valence-electron chi connectivity index (χ4n) is 1.85. The number of thioether (sulfide) groups is 1. The van der Waals surface area contributed by atoms with Gasteiger partial charge >= 0.3 is 0 Å². The van der Waals surface area contributed by atoms with Crippen molar-refractivity contribution < 1.29 is 9.21 Å². The lowest BCUT2D eigenvalue weighted by atomic mass is 10.1. The zero-order valence-corrected chi connectivity index (χ0v) is 11.2. The van der Waals surface area contributed by atoms with Gasteiger partial charge in [-0.15, -0.1) is 11.8 Å². The van der Waals surface area contributed by atoms with Crippen LogP contribution in [0.1, 0.15) is 36.4 Å². The first-order chi connectivity index (χ1) is 8.13. The molecule has 0 spiro atoms. The van der Waals surface area contributed by atoms with E-state index in [1.807, 2.05) is 30.8 Å². The number of fused-ring (bicyclic) bond motifs is 1. The number of aryl methyl sites for hydroxylation is 1. The molecule has 3 heteroatoms. The van der Waals surface area contributed by atoms with Crippen LogP contribution in [0.2, 0.25) is 0 Å². The van der Waals surface area contributed by atoms with Crippen LogP contribution in [0.5, 0.6) is 0 Å². The van der Waals surface area contributed by atoms with Crippen LogP contribution >= 0.6 is 11.8 Å². The van der Waals surface area contributed by atoms with Crippen LogP contribution < -0.4 is 0 Å². The normalized spacial score (nSPS) is 11.0. The first-order valence-electron chi connectivity index (χ1n) is 5.80. The Bertz CT molecular complexity index is 555. The van der Waals surface area contributed by atoms with Crippen molar-refractivity contribution in [2.45, 2.75) is 32.1 Å². The smallest absolute Gasteiger partial charge is 0.195 e. The van der Waals surface area contributed by atoms with Crippen molar-refractivity contribution >= 4 is 28.5 Å². The maximum atomic E-state index is 11.4. The van der Waals surface area contributed by atoms with E-state index in [2.05, 4.69) is 13.0 Å². The van der Waals surface area contributed by atoms with Gasteiger partial charge in [-0.1, -0.05) is 6.92 Å². The highest BCUT2D eigenvalue weighted by atomic mass is 32.2. The maximum Gasteiger partial charge on any atom is 0.195 e. The van der Waals surface area contributed by atoms with Gasteiger partial charge in [-0.2, -0.15) is 0 Å². The van der Waals surface area contributed by atoms with Crippen molar-refractivity contribution in [2.24, 2.45) is 0 Å². The molecular formula is C14H16O2S. The molecule has 2 aromatic rings. The summed E-state index contributed by atoms with van der Waals surface area (Å²) in [4.78, 5) is 12.6. The summed E-state index contributed by atoms with van der Waals surface area (Å²) in [6.07, 6.45) is 1.15. The molecule has 2 rings (SSSR count). The average Bonchev–Trinajstić information content (AvgIpc) is 2.64. The first kappa shape index (κ1) is 12.2. The molecule has 90 valence electrons. The highest BCUT2D eigenvalue weighted by molar-refractivity contribution is 7.99. The van der Waals surface area contributed by atoms with Crippen molar-refractivity contribution in [3.63, 3.8) is 0 Å². The lowest BCUT2D eigenvalue weighted by Crippen LogP contribution is -1.90. The van der Waals surface area contributed by atoms with Gasteiger partial charge in [-0.3, -0.25) is 4.79 Å². The molecule has 0 amide bonds. The van der Waals surface area contributed by atoms with E-state index < -0.39 is 0 Å². The van der Waals surface area contributed by atoms with Gasteiger partial charge in [-0.05, 0) is 37.3 Å². The summed E-state index contributed by atoms with van der Waals surface area (Å²) < 4.78 is 5.62. The Balaban J connectivity index is 2.44. The maximum absolute atomic E-state index is 11.4. The Morgan fingerprint density at radius 3 is 2.82 bits per heavy atom. The number of hydrogen-bond donors (Lipinski definition) is 0. The largest absolute Gasteiger partial charge is 0.453 e. The minimum Gasteiger partial charge on any atom is -0.453 e. The second-order valence-electron chi connectivity index (χ2n) is 4.12. The summed E-state index contributed by atoms with van der Waals surface area (Å²) in [6, 6.07) is 6.16. The van der Waals surface area contributed by atoms with E-state index in [1.165, 1.54) is 11.8 Å². The molecule has 0 atom stereocenters. The molecule has 0 saturated heterocycles. The van der Waals surface area contributed by atoms with E-state index >= 15 is 0 Å². The SMILES string of the molecule is CCCSc1ccc2c(C)c(C(C)=O)oc2c1. The van der Waals surface area contributed by atoms with Crippen LogP contribution in [0.4, 0.5) is 0 Å². The van der Waals surface area contributed by atoms with Gasteiger partial charge in [-0.25, -0.2) is 0 Å². The van der Waals surface area contributed by atoms with E-state index in [0.717, 1.165) is 28.7 Å². The predicted octanol–water partition coefficient (Wildman–Crippen LogP) is 4.45. The second-order valence-corrected chi connectivity index (χ2v) is 5.29. The molecule has 0 aliphatic heterocycles. The Morgan fingerprint density at radius 2 is 2.18 bits per heavy atom. The highest BCUT2D eigenvalue weighted by Crippen LogP contribution is 2.29. The first-order valence-corrected chi connectivity index (χ1v) is 6.79. The lowest BCUT2D eigenvalue weighted by molar-refractivity contribution is 0.0988. The molecule has 2 nitrogen and oxygen atoms in total. The third-order valence-electron chi connectivity index (χ3n) is 2.70. The minimum atomic E-state index is -0.0125. The Morgan fingerprint density at radius 1 is 1.41 bits per heavy atom. The number of Topliss-reactive ketones (excluding diaryl/α,β-unsaturated/α-hetero) is 1. The molecule has 0 N–H and O–H groups in total. The molecule has 0 aliphatic rings. The molecule has 17 heavy (non-hydrogen) atoms. The zero-order valence-electron chi connectivity index (χ0n) is 10.4. The van der Waals surface area contributed by atoms with E-state index in [0.29, 0.717) is 5.76 Å². The number of furan rings is 1. The average molecular weight is 248 g/mol. The van der Waals surface area contributed by atoms with Crippen LogP contribution in [0.25, 0.3) is 11.0 Å². The van der Waals surface area contributed by atoms with E-state index in [9.17, 15) is 4.79 Å². The van der Waals surface area contributed by atoms with Gasteiger partial charge in [0.25, 0.3) is 0 Å². The van der Waals surface area contributed by atoms with Gasteiger partial charge in [0.05, 0.1) is 0 Å². The number of carbonyl (C=O) groups excluding carboxylic acids is 1. The molecule has 0 unspecified atom stereocenters. The van der Waals surface area contributed by atoms with Gasteiger partial charge in [0.2, 0.25) is 0 Å². The molecule has 1 aromatic carbocycles. The highest BCUT2D eigenvalue weighted by Gasteiger charge is 2.14. The van der Waals surface area contributed by atoms with Gasteiger partial charge in [0, 0.05) is 22.8 Å². The molecule has 0 bridgehead atoms. The van der Waals surface area contributed by atoms with Crippen molar-refractivity contribution in [3.05, 3.63) is 29.5 Å². The number of hydrogen-bond acceptors (Lipinski definition) is 3. The summed E-state index contributed by atoms with van der Waals surface area (Å²) >= 11 is 1.81. The Kier molecular flexibility index (Phi) is 3.57. The number of ketones is 1. The molecule has 1 heterocycles. The fourth-order valence-corrected chi connectivity index (χ4v) is 2.65. The standard InChI is InChI=1S/C14H16O2S/c1-4-7-17-11-5-6-12-9(2)14(10(3)15)16-13(12)8-11/h5-6,8H,4,7H2,1-3H3. The molecule has 0 saturated carbocycles. The van der Waals surface area contributed by atoms with Crippen LogP contribution in [0.3, 0.4) is 0 Å². The van der Waals surface area contributed by atoms with Crippen LogP contribution in [-0.2, 0) is 0 Å². The van der Waals surface area contributed by atoms with E-state index in [4.69, 9.17) is 4.42 Å². The summed E-state index contributed by atoms with van der Waals surface area (Å²) in [5, 5.41) is 1.04. The zero-order chi connectivity index (χ0) is 12.4. The summed E-state index contributed by atoms with van der Waals surface area (Å²) in [7, 11) is 0. The number of benzene rings is 1. The quantitative estimate of drug-likeness (QED) is 0.591. The van der Waals surface area contributed by atoms with Crippen molar-refractivity contribution in [2.75, 3.05) is 5.75 Å². The van der Waals surface area contributed by atoms with E-state index in [1.54, 1.807) is 0 Å². The monoisotopic (exact) mass is 248 g/mol. The molecule has 0 fully saturated rings. The van der Waals surface area contributed by atoms with Crippen LogP contribution in [0, 0.1) is 6.92 Å². The van der Waals surface area contributed by atoms with Crippen molar-refractivity contribution in [1.82, 2.24) is 0 Å². The Labute approximate surface area is 105 Å². The molecule has 0 radical (unpaired) electrons. The predicted molar refractivity (Wildman–Crippen MR) is 72.0 cm³/mol. The third kappa shape index (κ3) is 2.39. The second kappa shape index (κ2) is 4.96. The topological polar surface area (TPSA) is 30.2 Å².